The summed E-state index contributed by atoms with van der Waals surface area (Å²) in [7, 11) is 1.93. The first kappa shape index (κ1) is 12.7. The zero-order valence-electron chi connectivity index (χ0n) is 12.0. The summed E-state index contributed by atoms with van der Waals surface area (Å²) in [6, 6.07) is 0.175. The van der Waals surface area contributed by atoms with Gasteiger partial charge in [-0.1, -0.05) is 6.92 Å². The number of anilines is 1. The molecule has 3 heterocycles. The Labute approximate surface area is 117 Å². The number of nitrogen functional groups attached to an aromatic ring is 1. The number of hydrogen-bond acceptors (Lipinski definition) is 4. The molecule has 0 aliphatic heterocycles. The fraction of sp³-hybridized carbons (Fsp3) is 0.462. The molecule has 0 spiro atoms. The van der Waals surface area contributed by atoms with Gasteiger partial charge < -0.3 is 10.3 Å². The zero-order chi connectivity index (χ0) is 14.3. The molecule has 0 amide bonds. The molecular weight excluding hydrogens is 254 g/mol. The normalized spacial score (nSPS) is 13.2. The highest BCUT2D eigenvalue weighted by Gasteiger charge is 2.20. The minimum absolute atomic E-state index is 0.175. The van der Waals surface area contributed by atoms with E-state index in [0.29, 0.717) is 5.95 Å². The Morgan fingerprint density at radius 1 is 1.40 bits per heavy atom. The number of nitrogens with two attached hydrogens (primary N) is 1. The van der Waals surface area contributed by atoms with Crippen molar-refractivity contribution in [1.82, 2.24) is 28.9 Å². The molecule has 0 aromatic carbocycles. The Morgan fingerprint density at radius 3 is 2.85 bits per heavy atom. The monoisotopic (exact) mass is 273 g/mol. The lowest BCUT2D eigenvalue weighted by atomic mass is 10.3. The van der Waals surface area contributed by atoms with Gasteiger partial charge in [-0.25, -0.2) is 9.97 Å². The van der Waals surface area contributed by atoms with Crippen molar-refractivity contribution in [3.05, 3.63) is 24.4 Å². The standard InChI is InChI=1S/C13H19N7/c1-4-10-11-12(18(3)17-10)20(13(14)16-11)9(2)7-19-6-5-15-8-19/h5-6,8-9H,4,7H2,1-3H3,(H2,14,16). The lowest BCUT2D eigenvalue weighted by molar-refractivity contribution is 0.472. The van der Waals surface area contributed by atoms with Gasteiger partial charge in [0, 0.05) is 26.0 Å². The third-order valence-corrected chi connectivity index (χ3v) is 3.57. The maximum atomic E-state index is 6.11. The van der Waals surface area contributed by atoms with Crippen LogP contribution in [0, 0.1) is 0 Å². The van der Waals surface area contributed by atoms with Gasteiger partial charge in [0.15, 0.2) is 5.65 Å². The highest BCUT2D eigenvalue weighted by molar-refractivity contribution is 5.78. The molecule has 106 valence electrons. The van der Waals surface area contributed by atoms with Gasteiger partial charge >= 0.3 is 0 Å². The second-order valence-electron chi connectivity index (χ2n) is 5.04. The van der Waals surface area contributed by atoms with Crippen LogP contribution in [0.5, 0.6) is 0 Å². The maximum Gasteiger partial charge on any atom is 0.202 e. The minimum atomic E-state index is 0.175. The van der Waals surface area contributed by atoms with E-state index in [-0.39, 0.29) is 6.04 Å². The Bertz CT molecular complexity index is 720. The molecule has 0 aliphatic carbocycles. The van der Waals surface area contributed by atoms with Gasteiger partial charge in [-0.2, -0.15) is 5.10 Å². The second kappa shape index (κ2) is 4.66. The van der Waals surface area contributed by atoms with Crippen LogP contribution in [0.25, 0.3) is 11.2 Å². The average Bonchev–Trinajstić information content (AvgIpc) is 3.08. The van der Waals surface area contributed by atoms with Crippen molar-refractivity contribution in [1.29, 1.82) is 0 Å². The molecule has 0 aliphatic rings. The molecule has 0 saturated carbocycles. The average molecular weight is 273 g/mol. The van der Waals surface area contributed by atoms with Crippen LogP contribution in [0.1, 0.15) is 25.6 Å². The molecule has 1 unspecified atom stereocenters. The van der Waals surface area contributed by atoms with Crippen LogP contribution in [0.4, 0.5) is 5.95 Å². The third kappa shape index (κ3) is 1.86. The van der Waals surface area contributed by atoms with E-state index in [1.165, 1.54) is 0 Å². The fourth-order valence-electron chi connectivity index (χ4n) is 2.67. The number of imidazole rings is 2. The highest BCUT2D eigenvalue weighted by Crippen LogP contribution is 2.25. The van der Waals surface area contributed by atoms with Crippen molar-refractivity contribution in [2.45, 2.75) is 32.9 Å². The van der Waals surface area contributed by atoms with Crippen LogP contribution >= 0.6 is 0 Å². The molecule has 3 aromatic heterocycles. The molecule has 0 saturated heterocycles. The molecule has 1 atom stereocenters. The lowest BCUT2D eigenvalue weighted by Gasteiger charge is -2.16. The zero-order valence-corrected chi connectivity index (χ0v) is 12.0. The van der Waals surface area contributed by atoms with E-state index in [0.717, 1.165) is 29.8 Å². The molecule has 20 heavy (non-hydrogen) atoms. The Hall–Kier alpha value is -2.31. The largest absolute Gasteiger partial charge is 0.369 e. The predicted octanol–water partition coefficient (Wildman–Crippen LogP) is 1.37. The number of hydrogen-bond donors (Lipinski definition) is 1. The SMILES string of the molecule is CCc1nn(C)c2c1nc(N)n2C(C)Cn1ccnc1. The highest BCUT2D eigenvalue weighted by atomic mass is 15.4. The first-order valence-corrected chi connectivity index (χ1v) is 6.76. The Balaban J connectivity index is 2.06. The first-order chi connectivity index (χ1) is 9.61. The van der Waals surface area contributed by atoms with Gasteiger partial charge in [0.2, 0.25) is 5.95 Å². The van der Waals surface area contributed by atoms with Crippen LogP contribution in [-0.2, 0) is 20.0 Å². The molecular formula is C13H19N7. The summed E-state index contributed by atoms with van der Waals surface area (Å²) in [6.07, 6.45) is 6.38. The minimum Gasteiger partial charge on any atom is -0.369 e. The maximum absolute atomic E-state index is 6.11. The van der Waals surface area contributed by atoms with Crippen LogP contribution in [0.15, 0.2) is 18.7 Å². The van der Waals surface area contributed by atoms with E-state index < -0.39 is 0 Å². The molecule has 3 aromatic rings. The van der Waals surface area contributed by atoms with E-state index in [1.54, 1.807) is 6.20 Å². The summed E-state index contributed by atoms with van der Waals surface area (Å²) in [5, 5.41) is 4.51. The topological polar surface area (TPSA) is 79.5 Å². The van der Waals surface area contributed by atoms with E-state index in [2.05, 4.69) is 28.9 Å². The van der Waals surface area contributed by atoms with Crippen LogP contribution in [0.3, 0.4) is 0 Å². The molecule has 0 fully saturated rings. The number of nitrogens with zero attached hydrogens (tertiary/aromatic N) is 6. The van der Waals surface area contributed by atoms with Crippen LogP contribution < -0.4 is 5.73 Å². The van der Waals surface area contributed by atoms with Crippen molar-refractivity contribution in [3.8, 4) is 0 Å². The summed E-state index contributed by atoms with van der Waals surface area (Å²) in [5.74, 6) is 0.537. The van der Waals surface area contributed by atoms with Crippen molar-refractivity contribution in [3.63, 3.8) is 0 Å². The number of aromatic nitrogens is 6. The van der Waals surface area contributed by atoms with Gasteiger partial charge in [-0.3, -0.25) is 9.25 Å². The summed E-state index contributed by atoms with van der Waals surface area (Å²) in [5.41, 5.74) is 8.98. The van der Waals surface area contributed by atoms with E-state index in [4.69, 9.17) is 5.73 Å². The smallest absolute Gasteiger partial charge is 0.202 e. The van der Waals surface area contributed by atoms with Gasteiger partial charge in [0.25, 0.3) is 0 Å². The number of fused-ring (bicyclic) bond motifs is 1. The quantitative estimate of drug-likeness (QED) is 0.778. The van der Waals surface area contributed by atoms with E-state index in [1.807, 2.05) is 33.4 Å². The molecule has 2 N–H and O–H groups in total. The second-order valence-corrected chi connectivity index (χ2v) is 5.04. The summed E-state index contributed by atoms with van der Waals surface area (Å²) < 4.78 is 5.94. The van der Waals surface area contributed by atoms with Gasteiger partial charge in [-0.15, -0.1) is 0 Å². The van der Waals surface area contributed by atoms with Crippen LogP contribution in [-0.4, -0.2) is 28.9 Å². The summed E-state index contributed by atoms with van der Waals surface area (Å²) in [6.45, 7) is 4.99. The first-order valence-electron chi connectivity index (χ1n) is 6.76. The predicted molar refractivity (Wildman–Crippen MR) is 77.2 cm³/mol. The summed E-state index contributed by atoms with van der Waals surface area (Å²) >= 11 is 0. The lowest BCUT2D eigenvalue weighted by Crippen LogP contribution is -2.16. The number of rotatable bonds is 4. The van der Waals surface area contributed by atoms with Crippen molar-refractivity contribution in [2.24, 2.45) is 7.05 Å². The summed E-state index contributed by atoms with van der Waals surface area (Å²) in [4.78, 5) is 8.55. The Kier molecular flexibility index (Phi) is 2.96. The third-order valence-electron chi connectivity index (χ3n) is 3.57. The Morgan fingerprint density at radius 2 is 2.20 bits per heavy atom. The van der Waals surface area contributed by atoms with Crippen molar-refractivity contribution in [2.75, 3.05) is 5.73 Å². The van der Waals surface area contributed by atoms with Gasteiger partial charge in [0.05, 0.1) is 18.1 Å². The fourth-order valence-corrected chi connectivity index (χ4v) is 2.67. The van der Waals surface area contributed by atoms with Gasteiger partial charge in [-0.05, 0) is 13.3 Å². The molecule has 7 nitrogen and oxygen atoms in total. The van der Waals surface area contributed by atoms with Crippen molar-refractivity contribution >= 4 is 17.1 Å². The molecule has 3 rings (SSSR count). The van der Waals surface area contributed by atoms with E-state index >= 15 is 0 Å². The number of aryl methyl sites for hydroxylation is 2. The van der Waals surface area contributed by atoms with E-state index in [9.17, 15) is 0 Å². The van der Waals surface area contributed by atoms with Crippen molar-refractivity contribution < 1.29 is 0 Å². The van der Waals surface area contributed by atoms with Gasteiger partial charge in [0.1, 0.15) is 5.52 Å². The molecule has 7 heteroatoms. The molecule has 0 radical (unpaired) electrons. The van der Waals surface area contributed by atoms with Crippen LogP contribution in [0.2, 0.25) is 0 Å². The molecule has 0 bridgehead atoms.